The maximum Gasteiger partial charge on any atom is 0.330 e. The molecule has 2 rings (SSSR count). The van der Waals surface area contributed by atoms with E-state index in [1.807, 2.05) is 18.7 Å². The standard InChI is InChI=1S/C33H61N3O6/c1-9-10-11-12-13-14-18-21-36(23-31(2,3)4)30(39)35-26(29(38)41-25-19-16-15-17-20-25)22-34-28(37)27-32(5,6)24-40-33(7,8)42-27/h25-27H,9-24H2,1-8H3,(H,34,37)(H,35,39). The first kappa shape index (κ1) is 36.3. The van der Waals surface area contributed by atoms with Crippen LogP contribution in [0.5, 0.6) is 0 Å². The molecule has 244 valence electrons. The Bertz CT molecular complexity index is 847. The summed E-state index contributed by atoms with van der Waals surface area (Å²) in [7, 11) is 0. The fourth-order valence-electron chi connectivity index (χ4n) is 5.56. The normalized spacial score (nSPS) is 21.3. The Balaban J connectivity index is 2.09. The van der Waals surface area contributed by atoms with Gasteiger partial charge in [-0.25, -0.2) is 9.59 Å². The van der Waals surface area contributed by atoms with Crippen molar-refractivity contribution in [3.63, 3.8) is 0 Å². The highest BCUT2D eigenvalue weighted by Crippen LogP contribution is 2.35. The molecule has 9 nitrogen and oxygen atoms in total. The Labute approximate surface area is 255 Å². The Morgan fingerprint density at radius 1 is 0.952 bits per heavy atom. The smallest absolute Gasteiger partial charge is 0.330 e. The molecule has 0 aromatic heterocycles. The van der Waals surface area contributed by atoms with E-state index in [-0.39, 0.29) is 30.0 Å². The largest absolute Gasteiger partial charge is 0.461 e. The molecule has 1 saturated carbocycles. The van der Waals surface area contributed by atoms with Gasteiger partial charge in [0.15, 0.2) is 5.79 Å². The van der Waals surface area contributed by atoms with Crippen molar-refractivity contribution in [1.82, 2.24) is 15.5 Å². The van der Waals surface area contributed by atoms with Crippen LogP contribution < -0.4 is 10.6 Å². The van der Waals surface area contributed by atoms with E-state index >= 15 is 0 Å². The molecule has 0 spiro atoms. The molecule has 1 heterocycles. The monoisotopic (exact) mass is 595 g/mol. The van der Waals surface area contributed by atoms with Gasteiger partial charge in [0.05, 0.1) is 6.61 Å². The van der Waals surface area contributed by atoms with Crippen LogP contribution in [0.25, 0.3) is 0 Å². The van der Waals surface area contributed by atoms with Gasteiger partial charge in [0.25, 0.3) is 0 Å². The number of esters is 1. The molecule has 2 fully saturated rings. The predicted octanol–water partition coefficient (Wildman–Crippen LogP) is 6.33. The van der Waals surface area contributed by atoms with Crippen LogP contribution in [0.3, 0.4) is 0 Å². The molecule has 2 N–H and O–H groups in total. The van der Waals surface area contributed by atoms with Crippen LogP contribution in [0.2, 0.25) is 0 Å². The minimum absolute atomic E-state index is 0.0753. The fourth-order valence-corrected chi connectivity index (χ4v) is 5.56. The summed E-state index contributed by atoms with van der Waals surface area (Å²) in [6.07, 6.45) is 12.0. The summed E-state index contributed by atoms with van der Waals surface area (Å²) in [5.74, 6) is -1.74. The number of rotatable bonds is 15. The first-order valence-corrected chi connectivity index (χ1v) is 16.5. The third-order valence-electron chi connectivity index (χ3n) is 8.02. The molecule has 0 aromatic rings. The van der Waals surface area contributed by atoms with E-state index in [2.05, 4.69) is 38.3 Å². The van der Waals surface area contributed by atoms with Crippen LogP contribution in [0, 0.1) is 10.8 Å². The zero-order valence-corrected chi connectivity index (χ0v) is 27.9. The van der Waals surface area contributed by atoms with Crippen LogP contribution in [-0.2, 0) is 23.8 Å². The molecule has 9 heteroatoms. The number of carbonyl (C=O) groups is 3. The van der Waals surface area contributed by atoms with Crippen molar-refractivity contribution < 1.29 is 28.6 Å². The average molecular weight is 596 g/mol. The van der Waals surface area contributed by atoms with Gasteiger partial charge in [0.1, 0.15) is 18.2 Å². The maximum atomic E-state index is 13.6. The third kappa shape index (κ3) is 13.2. The number of ether oxygens (including phenoxy) is 3. The summed E-state index contributed by atoms with van der Waals surface area (Å²) in [5.41, 5.74) is -0.662. The highest BCUT2D eigenvalue weighted by Gasteiger charge is 2.46. The molecule has 0 bridgehead atoms. The lowest BCUT2D eigenvalue weighted by molar-refractivity contribution is -0.304. The molecule has 2 atom stereocenters. The second-order valence-electron chi connectivity index (χ2n) is 14.7. The van der Waals surface area contributed by atoms with Gasteiger partial charge in [-0.05, 0) is 51.4 Å². The number of unbranched alkanes of at least 4 members (excludes halogenated alkanes) is 6. The summed E-state index contributed by atoms with van der Waals surface area (Å²) in [6, 6.07) is -1.31. The van der Waals surface area contributed by atoms with Gasteiger partial charge in [0, 0.05) is 25.0 Å². The topological polar surface area (TPSA) is 106 Å². The number of nitrogens with zero attached hydrogens (tertiary/aromatic N) is 1. The number of nitrogens with one attached hydrogen (secondary N) is 2. The Morgan fingerprint density at radius 2 is 1.57 bits per heavy atom. The molecular weight excluding hydrogens is 534 g/mol. The molecule has 2 unspecified atom stereocenters. The summed E-state index contributed by atoms with van der Waals surface area (Å²) >= 11 is 0. The highest BCUT2D eigenvalue weighted by atomic mass is 16.7. The maximum absolute atomic E-state index is 13.6. The van der Waals surface area contributed by atoms with Crippen molar-refractivity contribution in [2.24, 2.45) is 10.8 Å². The second kappa shape index (κ2) is 16.8. The minimum atomic E-state index is -1.00. The van der Waals surface area contributed by atoms with E-state index in [9.17, 15) is 14.4 Å². The number of amides is 3. The Morgan fingerprint density at radius 3 is 2.19 bits per heavy atom. The summed E-state index contributed by atoms with van der Waals surface area (Å²) in [4.78, 5) is 42.2. The van der Waals surface area contributed by atoms with Crippen molar-refractivity contribution in [1.29, 1.82) is 0 Å². The quantitative estimate of drug-likeness (QED) is 0.169. The molecule has 3 amide bonds. The summed E-state index contributed by atoms with van der Waals surface area (Å²) in [6.45, 7) is 17.4. The van der Waals surface area contributed by atoms with Gasteiger partial charge in [-0.2, -0.15) is 0 Å². The minimum Gasteiger partial charge on any atom is -0.461 e. The molecule has 1 aliphatic carbocycles. The SMILES string of the molecule is CCCCCCCCCN(CC(C)(C)C)C(=O)NC(CNC(=O)C1OC(C)(C)OCC1(C)C)C(=O)OC1CCCCC1. The average Bonchev–Trinajstić information content (AvgIpc) is 2.91. The molecule has 0 radical (unpaired) electrons. The van der Waals surface area contributed by atoms with Crippen molar-refractivity contribution >= 4 is 17.9 Å². The zero-order chi connectivity index (χ0) is 31.4. The van der Waals surface area contributed by atoms with E-state index in [0.29, 0.717) is 19.7 Å². The molecule has 1 saturated heterocycles. The molecular formula is C33H61N3O6. The Hall–Kier alpha value is -1.87. The van der Waals surface area contributed by atoms with Gasteiger partial charge in [-0.15, -0.1) is 0 Å². The number of urea groups is 1. The number of carbonyl (C=O) groups excluding carboxylic acids is 3. The van der Waals surface area contributed by atoms with E-state index in [0.717, 1.165) is 51.4 Å². The lowest BCUT2D eigenvalue weighted by Gasteiger charge is -2.44. The van der Waals surface area contributed by atoms with E-state index < -0.39 is 29.3 Å². The van der Waals surface area contributed by atoms with Crippen LogP contribution in [-0.4, -0.2) is 73.1 Å². The van der Waals surface area contributed by atoms with Gasteiger partial charge in [-0.1, -0.05) is 86.5 Å². The summed E-state index contributed by atoms with van der Waals surface area (Å²) < 4.78 is 17.6. The summed E-state index contributed by atoms with van der Waals surface area (Å²) in [5, 5.41) is 5.80. The van der Waals surface area contributed by atoms with Gasteiger partial charge < -0.3 is 29.7 Å². The predicted molar refractivity (Wildman–Crippen MR) is 166 cm³/mol. The first-order chi connectivity index (χ1) is 19.6. The highest BCUT2D eigenvalue weighted by molar-refractivity contribution is 5.86. The van der Waals surface area contributed by atoms with Gasteiger partial charge in [-0.3, -0.25) is 4.79 Å². The lowest BCUT2D eigenvalue weighted by atomic mass is 9.85. The number of hydrogen-bond acceptors (Lipinski definition) is 6. The van der Waals surface area contributed by atoms with Crippen LogP contribution in [0.4, 0.5) is 4.79 Å². The first-order valence-electron chi connectivity index (χ1n) is 16.5. The fraction of sp³-hybridized carbons (Fsp3) is 0.909. The van der Waals surface area contributed by atoms with Crippen LogP contribution in [0.1, 0.15) is 132 Å². The molecule has 42 heavy (non-hydrogen) atoms. The van der Waals surface area contributed by atoms with E-state index in [1.165, 1.54) is 25.7 Å². The van der Waals surface area contributed by atoms with Crippen LogP contribution >= 0.6 is 0 Å². The third-order valence-corrected chi connectivity index (χ3v) is 8.02. The van der Waals surface area contributed by atoms with Gasteiger partial charge >= 0.3 is 12.0 Å². The van der Waals surface area contributed by atoms with Crippen molar-refractivity contribution in [3.05, 3.63) is 0 Å². The lowest BCUT2D eigenvalue weighted by Crippen LogP contribution is -2.59. The van der Waals surface area contributed by atoms with E-state index in [1.54, 1.807) is 13.8 Å². The molecule has 1 aliphatic heterocycles. The molecule has 2 aliphatic rings. The van der Waals surface area contributed by atoms with Crippen molar-refractivity contribution in [3.8, 4) is 0 Å². The second-order valence-corrected chi connectivity index (χ2v) is 14.7. The van der Waals surface area contributed by atoms with Crippen LogP contribution in [0.15, 0.2) is 0 Å². The zero-order valence-electron chi connectivity index (χ0n) is 27.9. The van der Waals surface area contributed by atoms with Gasteiger partial charge in [0.2, 0.25) is 5.91 Å². The van der Waals surface area contributed by atoms with Crippen molar-refractivity contribution in [2.75, 3.05) is 26.2 Å². The Kier molecular flexibility index (Phi) is 14.6. The molecule has 0 aromatic carbocycles. The van der Waals surface area contributed by atoms with E-state index in [4.69, 9.17) is 14.2 Å². The van der Waals surface area contributed by atoms with Crippen molar-refractivity contribution in [2.45, 2.75) is 156 Å². The number of hydrogen-bond donors (Lipinski definition) is 2.